The Kier molecular flexibility index (Phi) is 2.72. The van der Waals surface area contributed by atoms with Gasteiger partial charge in [-0.15, -0.1) is 0 Å². The van der Waals surface area contributed by atoms with Crippen molar-refractivity contribution in [2.24, 2.45) is 0 Å². The molecule has 0 atom stereocenters. The molecule has 0 amide bonds. The molecule has 0 fully saturated rings. The van der Waals surface area contributed by atoms with Crippen molar-refractivity contribution < 1.29 is 4.39 Å². The zero-order valence-corrected chi connectivity index (χ0v) is 9.88. The SMILES string of the molecule is O=c1cc(-c2ccc(F)cc2)[nH]n1-c1ccccn1. The number of aromatic nitrogens is 3. The number of hydrogen-bond donors (Lipinski definition) is 1. The van der Waals surface area contributed by atoms with Crippen molar-refractivity contribution in [3.05, 3.63) is 70.9 Å². The van der Waals surface area contributed by atoms with Gasteiger partial charge in [0.15, 0.2) is 5.82 Å². The lowest BCUT2D eigenvalue weighted by atomic mass is 10.1. The molecule has 5 heteroatoms. The Morgan fingerprint density at radius 2 is 1.89 bits per heavy atom. The summed E-state index contributed by atoms with van der Waals surface area (Å²) in [6.07, 6.45) is 1.61. The average molecular weight is 255 g/mol. The van der Waals surface area contributed by atoms with Crippen molar-refractivity contribution in [1.82, 2.24) is 14.8 Å². The van der Waals surface area contributed by atoms with Gasteiger partial charge in [-0.05, 0) is 42.0 Å². The van der Waals surface area contributed by atoms with Gasteiger partial charge < -0.3 is 0 Å². The summed E-state index contributed by atoms with van der Waals surface area (Å²) in [5.41, 5.74) is 1.15. The van der Waals surface area contributed by atoms with E-state index < -0.39 is 0 Å². The van der Waals surface area contributed by atoms with E-state index in [1.165, 1.54) is 22.9 Å². The largest absolute Gasteiger partial charge is 0.289 e. The summed E-state index contributed by atoms with van der Waals surface area (Å²) >= 11 is 0. The molecule has 0 aliphatic rings. The van der Waals surface area contributed by atoms with Gasteiger partial charge in [-0.25, -0.2) is 14.1 Å². The molecule has 3 rings (SSSR count). The van der Waals surface area contributed by atoms with E-state index in [-0.39, 0.29) is 11.4 Å². The van der Waals surface area contributed by atoms with Crippen LogP contribution in [0.15, 0.2) is 59.5 Å². The average Bonchev–Trinajstić information content (AvgIpc) is 2.83. The lowest BCUT2D eigenvalue weighted by Gasteiger charge is -2.00. The third-order valence-corrected chi connectivity index (χ3v) is 2.75. The van der Waals surface area contributed by atoms with Gasteiger partial charge >= 0.3 is 0 Å². The van der Waals surface area contributed by atoms with Crippen LogP contribution >= 0.6 is 0 Å². The highest BCUT2D eigenvalue weighted by Gasteiger charge is 2.07. The molecule has 2 aromatic heterocycles. The second-order valence-corrected chi connectivity index (χ2v) is 4.04. The molecule has 0 aliphatic heterocycles. The van der Waals surface area contributed by atoms with Gasteiger partial charge in [0.1, 0.15) is 5.82 Å². The van der Waals surface area contributed by atoms with Crippen LogP contribution in [-0.2, 0) is 0 Å². The lowest BCUT2D eigenvalue weighted by molar-refractivity contribution is 0.628. The molecule has 0 bridgehead atoms. The predicted octanol–water partition coefficient (Wildman–Crippen LogP) is 2.37. The summed E-state index contributed by atoms with van der Waals surface area (Å²) in [4.78, 5) is 16.0. The van der Waals surface area contributed by atoms with Gasteiger partial charge in [0.05, 0.1) is 5.69 Å². The fraction of sp³-hybridized carbons (Fsp3) is 0. The minimum atomic E-state index is -0.310. The zero-order chi connectivity index (χ0) is 13.2. The number of nitrogens with one attached hydrogen (secondary N) is 1. The monoisotopic (exact) mass is 255 g/mol. The van der Waals surface area contributed by atoms with Crippen molar-refractivity contribution in [2.75, 3.05) is 0 Å². The fourth-order valence-corrected chi connectivity index (χ4v) is 1.83. The van der Waals surface area contributed by atoms with E-state index in [4.69, 9.17) is 0 Å². The number of rotatable bonds is 2. The van der Waals surface area contributed by atoms with Crippen molar-refractivity contribution >= 4 is 0 Å². The van der Waals surface area contributed by atoms with Crippen LogP contribution in [0.5, 0.6) is 0 Å². The van der Waals surface area contributed by atoms with Crippen LogP contribution in [-0.4, -0.2) is 14.8 Å². The second kappa shape index (κ2) is 4.53. The lowest BCUT2D eigenvalue weighted by Crippen LogP contribution is -2.14. The second-order valence-electron chi connectivity index (χ2n) is 4.04. The maximum Gasteiger partial charge on any atom is 0.273 e. The van der Waals surface area contributed by atoms with Gasteiger partial charge in [0.2, 0.25) is 0 Å². The van der Waals surface area contributed by atoms with Crippen LogP contribution in [0.1, 0.15) is 0 Å². The third kappa shape index (κ3) is 2.18. The molecule has 2 heterocycles. The van der Waals surface area contributed by atoms with Gasteiger partial charge in [-0.3, -0.25) is 9.89 Å². The smallest absolute Gasteiger partial charge is 0.273 e. The number of nitrogens with zero attached hydrogens (tertiary/aromatic N) is 2. The van der Waals surface area contributed by atoms with E-state index in [9.17, 15) is 9.18 Å². The summed E-state index contributed by atoms with van der Waals surface area (Å²) < 4.78 is 14.2. The van der Waals surface area contributed by atoms with Gasteiger partial charge in [-0.1, -0.05) is 6.07 Å². The Labute approximate surface area is 108 Å². The van der Waals surface area contributed by atoms with Crippen molar-refractivity contribution in [3.8, 4) is 17.1 Å². The van der Waals surface area contributed by atoms with E-state index >= 15 is 0 Å². The first-order valence-corrected chi connectivity index (χ1v) is 5.73. The van der Waals surface area contributed by atoms with Crippen molar-refractivity contribution in [3.63, 3.8) is 0 Å². The zero-order valence-electron chi connectivity index (χ0n) is 9.88. The molecule has 1 aromatic carbocycles. The van der Waals surface area contributed by atoms with E-state index in [0.717, 1.165) is 5.56 Å². The molecule has 0 saturated carbocycles. The van der Waals surface area contributed by atoms with Crippen LogP contribution < -0.4 is 5.56 Å². The Morgan fingerprint density at radius 3 is 2.58 bits per heavy atom. The van der Waals surface area contributed by atoms with Crippen LogP contribution in [0.25, 0.3) is 17.1 Å². The van der Waals surface area contributed by atoms with E-state index in [2.05, 4.69) is 10.1 Å². The third-order valence-electron chi connectivity index (χ3n) is 2.75. The van der Waals surface area contributed by atoms with Crippen LogP contribution in [0.3, 0.4) is 0 Å². The quantitative estimate of drug-likeness (QED) is 0.764. The maximum atomic E-state index is 12.9. The highest BCUT2D eigenvalue weighted by Crippen LogP contribution is 2.16. The van der Waals surface area contributed by atoms with E-state index in [0.29, 0.717) is 11.5 Å². The molecule has 0 radical (unpaired) electrons. The molecular formula is C14H10FN3O. The Balaban J connectivity index is 2.07. The molecule has 3 aromatic rings. The molecule has 0 unspecified atom stereocenters. The van der Waals surface area contributed by atoms with Crippen molar-refractivity contribution in [2.45, 2.75) is 0 Å². The number of hydrogen-bond acceptors (Lipinski definition) is 2. The number of aromatic amines is 1. The number of H-pyrrole nitrogens is 1. The molecule has 0 saturated heterocycles. The normalized spacial score (nSPS) is 10.6. The number of halogens is 1. The molecule has 19 heavy (non-hydrogen) atoms. The fourth-order valence-electron chi connectivity index (χ4n) is 1.83. The van der Waals surface area contributed by atoms with Gasteiger partial charge in [0.25, 0.3) is 5.56 Å². The molecule has 94 valence electrons. The Morgan fingerprint density at radius 1 is 1.11 bits per heavy atom. The van der Waals surface area contributed by atoms with Crippen molar-refractivity contribution in [1.29, 1.82) is 0 Å². The number of pyridine rings is 1. The summed E-state index contributed by atoms with van der Waals surface area (Å²) in [7, 11) is 0. The van der Waals surface area contributed by atoms with Crippen LogP contribution in [0.4, 0.5) is 4.39 Å². The topological polar surface area (TPSA) is 50.7 Å². The first kappa shape index (κ1) is 11.4. The maximum absolute atomic E-state index is 12.9. The molecular weight excluding hydrogens is 245 g/mol. The van der Waals surface area contributed by atoms with E-state index in [1.807, 2.05) is 0 Å². The van der Waals surface area contributed by atoms with Gasteiger partial charge in [-0.2, -0.15) is 0 Å². The summed E-state index contributed by atoms with van der Waals surface area (Å²) in [6, 6.07) is 12.7. The molecule has 4 nitrogen and oxygen atoms in total. The first-order chi connectivity index (χ1) is 9.24. The standard InChI is InChI=1S/C14H10FN3O/c15-11-6-4-10(5-7-11)12-9-14(19)18(17-12)13-3-1-2-8-16-13/h1-9,17H. The predicted molar refractivity (Wildman–Crippen MR) is 69.6 cm³/mol. The minimum absolute atomic E-state index is 0.210. The summed E-state index contributed by atoms with van der Waals surface area (Å²) in [5.74, 6) is 0.205. The number of benzene rings is 1. The summed E-state index contributed by atoms with van der Waals surface area (Å²) in [5, 5.41) is 2.95. The van der Waals surface area contributed by atoms with Crippen LogP contribution in [0, 0.1) is 5.82 Å². The Bertz CT molecular complexity index is 744. The van der Waals surface area contributed by atoms with E-state index in [1.54, 1.807) is 36.5 Å². The Hall–Kier alpha value is -2.69. The molecule has 0 spiro atoms. The summed E-state index contributed by atoms with van der Waals surface area (Å²) in [6.45, 7) is 0. The first-order valence-electron chi connectivity index (χ1n) is 5.73. The van der Waals surface area contributed by atoms with Gasteiger partial charge in [0, 0.05) is 12.3 Å². The molecule has 1 N–H and O–H groups in total. The highest BCUT2D eigenvalue weighted by atomic mass is 19.1. The highest BCUT2D eigenvalue weighted by molar-refractivity contribution is 5.58. The molecule has 0 aliphatic carbocycles. The minimum Gasteiger partial charge on any atom is -0.289 e. The van der Waals surface area contributed by atoms with Crippen LogP contribution in [0.2, 0.25) is 0 Å².